The SMILES string of the molecule is COc1cccc(OC)c1-n1c(NS(=O)(=O)C2CNCC(c3ccc(F)cc3)C2)nnc1-c1ccc(C)o1. The molecule has 2 atom stereocenters. The summed E-state index contributed by atoms with van der Waals surface area (Å²) < 4.78 is 61.8. The summed E-state index contributed by atoms with van der Waals surface area (Å²) in [6, 6.07) is 14.9. The van der Waals surface area contributed by atoms with E-state index in [0.29, 0.717) is 41.7 Å². The smallest absolute Gasteiger partial charge is 0.243 e. The molecule has 5 rings (SSSR count). The van der Waals surface area contributed by atoms with Gasteiger partial charge in [0.15, 0.2) is 5.76 Å². The first-order valence-electron chi connectivity index (χ1n) is 12.0. The van der Waals surface area contributed by atoms with Crippen LogP contribution in [-0.2, 0) is 10.0 Å². The van der Waals surface area contributed by atoms with Crippen LogP contribution in [0, 0.1) is 12.7 Å². The fraction of sp³-hybridized carbons (Fsp3) is 0.308. The molecule has 1 fully saturated rings. The van der Waals surface area contributed by atoms with E-state index in [4.69, 9.17) is 13.9 Å². The zero-order chi connectivity index (χ0) is 26.9. The van der Waals surface area contributed by atoms with Crippen molar-refractivity contribution in [3.05, 3.63) is 71.7 Å². The van der Waals surface area contributed by atoms with Crippen molar-refractivity contribution in [3.8, 4) is 28.8 Å². The van der Waals surface area contributed by atoms with Crippen LogP contribution in [0.15, 0.2) is 59.0 Å². The predicted octanol–water partition coefficient (Wildman–Crippen LogP) is 3.88. The van der Waals surface area contributed by atoms with E-state index in [0.717, 1.165) is 5.56 Å². The van der Waals surface area contributed by atoms with Crippen molar-refractivity contribution < 1.29 is 26.7 Å². The Hall–Kier alpha value is -3.90. The van der Waals surface area contributed by atoms with Gasteiger partial charge in [0.1, 0.15) is 28.8 Å². The fourth-order valence-corrected chi connectivity index (χ4v) is 6.04. The molecular formula is C26H28FN5O5S. The molecule has 200 valence electrons. The molecule has 3 heterocycles. The molecule has 2 unspecified atom stereocenters. The van der Waals surface area contributed by atoms with Gasteiger partial charge in [-0.2, -0.15) is 0 Å². The quantitative estimate of drug-likeness (QED) is 0.345. The van der Waals surface area contributed by atoms with Crippen LogP contribution in [-0.4, -0.2) is 55.7 Å². The molecule has 2 aromatic carbocycles. The number of rotatable bonds is 8. The summed E-state index contributed by atoms with van der Waals surface area (Å²) in [6.07, 6.45) is 0.352. The first-order valence-corrected chi connectivity index (χ1v) is 13.6. The Kier molecular flexibility index (Phi) is 7.09. The average Bonchev–Trinajstić information content (AvgIpc) is 3.54. The first-order chi connectivity index (χ1) is 18.3. The van der Waals surface area contributed by atoms with Gasteiger partial charge in [0.25, 0.3) is 0 Å². The van der Waals surface area contributed by atoms with E-state index in [1.54, 1.807) is 49.4 Å². The predicted molar refractivity (Wildman–Crippen MR) is 140 cm³/mol. The third-order valence-electron chi connectivity index (χ3n) is 6.57. The second-order valence-electron chi connectivity index (χ2n) is 9.02. The van der Waals surface area contributed by atoms with E-state index >= 15 is 0 Å². The van der Waals surface area contributed by atoms with Gasteiger partial charge in [-0.3, -0.25) is 9.29 Å². The number of methoxy groups -OCH3 is 2. The van der Waals surface area contributed by atoms with Crippen molar-refractivity contribution in [2.45, 2.75) is 24.5 Å². The highest BCUT2D eigenvalue weighted by Gasteiger charge is 2.35. The molecule has 12 heteroatoms. The number of hydrogen-bond acceptors (Lipinski definition) is 8. The molecule has 0 radical (unpaired) electrons. The fourth-order valence-electron chi connectivity index (χ4n) is 4.67. The number of hydrogen-bond donors (Lipinski definition) is 2. The number of aryl methyl sites for hydroxylation is 1. The van der Waals surface area contributed by atoms with Gasteiger partial charge in [0, 0.05) is 13.1 Å². The third-order valence-corrected chi connectivity index (χ3v) is 8.28. The summed E-state index contributed by atoms with van der Waals surface area (Å²) in [5, 5.41) is 10.9. The topological polar surface area (TPSA) is 121 Å². The Morgan fingerprint density at radius 2 is 1.74 bits per heavy atom. The summed E-state index contributed by atoms with van der Waals surface area (Å²) in [5.41, 5.74) is 1.28. The lowest BCUT2D eigenvalue weighted by Gasteiger charge is -2.30. The highest BCUT2D eigenvalue weighted by molar-refractivity contribution is 7.93. The number of sulfonamides is 1. The van der Waals surface area contributed by atoms with Gasteiger partial charge in [0.2, 0.25) is 21.8 Å². The molecule has 0 amide bonds. The number of halogens is 1. The van der Waals surface area contributed by atoms with Crippen LogP contribution in [0.25, 0.3) is 17.3 Å². The van der Waals surface area contributed by atoms with E-state index in [1.807, 2.05) is 0 Å². The van der Waals surface area contributed by atoms with Crippen molar-refractivity contribution in [1.82, 2.24) is 20.1 Å². The number of nitrogens with zero attached hydrogens (tertiary/aromatic N) is 3. The number of anilines is 1. The lowest BCUT2D eigenvalue weighted by Crippen LogP contribution is -2.44. The number of piperidine rings is 1. The van der Waals surface area contributed by atoms with Crippen LogP contribution >= 0.6 is 0 Å². The van der Waals surface area contributed by atoms with Gasteiger partial charge in [-0.1, -0.05) is 18.2 Å². The minimum Gasteiger partial charge on any atom is -0.494 e. The summed E-state index contributed by atoms with van der Waals surface area (Å²) in [4.78, 5) is 0. The average molecular weight is 542 g/mol. The number of nitrogens with one attached hydrogen (secondary N) is 2. The largest absolute Gasteiger partial charge is 0.494 e. The molecular weight excluding hydrogens is 513 g/mol. The summed E-state index contributed by atoms with van der Waals surface area (Å²) in [5.74, 6) is 1.68. The van der Waals surface area contributed by atoms with Gasteiger partial charge < -0.3 is 19.2 Å². The number of benzene rings is 2. The summed E-state index contributed by atoms with van der Waals surface area (Å²) >= 11 is 0. The molecule has 4 aromatic rings. The zero-order valence-electron chi connectivity index (χ0n) is 21.1. The molecule has 0 saturated carbocycles. The van der Waals surface area contributed by atoms with E-state index in [9.17, 15) is 12.8 Å². The Balaban J connectivity index is 1.54. The van der Waals surface area contributed by atoms with E-state index in [2.05, 4.69) is 20.2 Å². The van der Waals surface area contributed by atoms with E-state index in [1.165, 1.54) is 30.9 Å². The second kappa shape index (κ2) is 10.5. The molecule has 10 nitrogen and oxygen atoms in total. The Morgan fingerprint density at radius 1 is 1.03 bits per heavy atom. The van der Waals surface area contributed by atoms with E-state index in [-0.39, 0.29) is 30.1 Å². The van der Waals surface area contributed by atoms with Gasteiger partial charge in [-0.15, -0.1) is 10.2 Å². The molecule has 2 aromatic heterocycles. The maximum atomic E-state index is 13.7. The van der Waals surface area contributed by atoms with Gasteiger partial charge >= 0.3 is 0 Å². The second-order valence-corrected chi connectivity index (χ2v) is 11.0. The van der Waals surface area contributed by atoms with Gasteiger partial charge in [0.05, 0.1) is 19.5 Å². The molecule has 0 bridgehead atoms. The first kappa shape index (κ1) is 25.7. The maximum Gasteiger partial charge on any atom is 0.243 e. The Bertz CT molecular complexity index is 1510. The molecule has 0 spiro atoms. The standard InChI is InChI=1S/C26H28FN5O5S/c1-16-7-12-23(37-16)25-29-30-26(32(25)24-21(35-2)5-4-6-22(24)36-3)31-38(33,34)20-13-18(14-28-15-20)17-8-10-19(27)11-9-17/h4-12,18,20,28H,13-15H2,1-3H3,(H,30,31). The highest BCUT2D eigenvalue weighted by Crippen LogP contribution is 2.38. The number of aromatic nitrogens is 3. The lowest BCUT2D eigenvalue weighted by molar-refractivity contribution is 0.391. The van der Waals surface area contributed by atoms with Crippen LogP contribution in [0.4, 0.5) is 10.3 Å². The van der Waals surface area contributed by atoms with Crippen LogP contribution in [0.5, 0.6) is 11.5 Å². The van der Waals surface area contributed by atoms with Crippen molar-refractivity contribution in [2.24, 2.45) is 0 Å². The van der Waals surface area contributed by atoms with Crippen LogP contribution < -0.4 is 19.5 Å². The molecule has 2 N–H and O–H groups in total. The molecule has 1 saturated heterocycles. The van der Waals surface area contributed by atoms with Crippen molar-refractivity contribution in [3.63, 3.8) is 0 Å². The molecule has 0 aliphatic carbocycles. The number of ether oxygens (including phenoxy) is 2. The van der Waals surface area contributed by atoms with Gasteiger partial charge in [-0.25, -0.2) is 12.8 Å². The summed E-state index contributed by atoms with van der Waals surface area (Å²) in [6.45, 7) is 2.64. The van der Waals surface area contributed by atoms with Crippen molar-refractivity contribution in [2.75, 3.05) is 32.0 Å². The van der Waals surface area contributed by atoms with Crippen molar-refractivity contribution >= 4 is 16.0 Å². The molecule has 38 heavy (non-hydrogen) atoms. The van der Waals surface area contributed by atoms with Crippen molar-refractivity contribution in [1.29, 1.82) is 0 Å². The monoisotopic (exact) mass is 541 g/mol. The van der Waals surface area contributed by atoms with Crippen LogP contribution in [0.3, 0.4) is 0 Å². The van der Waals surface area contributed by atoms with Crippen LogP contribution in [0.2, 0.25) is 0 Å². The maximum absolute atomic E-state index is 13.7. The molecule has 1 aliphatic heterocycles. The zero-order valence-corrected chi connectivity index (χ0v) is 22.0. The van der Waals surface area contributed by atoms with Crippen LogP contribution in [0.1, 0.15) is 23.7 Å². The Labute approximate surface area is 219 Å². The summed E-state index contributed by atoms with van der Waals surface area (Å²) in [7, 11) is -0.928. The minimum absolute atomic E-state index is 0.0410. The highest BCUT2D eigenvalue weighted by atomic mass is 32.2. The molecule has 1 aliphatic rings. The lowest BCUT2D eigenvalue weighted by atomic mass is 9.91. The van der Waals surface area contributed by atoms with E-state index < -0.39 is 15.3 Å². The third kappa shape index (κ3) is 4.96. The van der Waals surface area contributed by atoms with Gasteiger partial charge in [-0.05, 0) is 61.2 Å². The Morgan fingerprint density at radius 3 is 2.37 bits per heavy atom. The number of para-hydroxylation sites is 1. The minimum atomic E-state index is -3.94. The normalized spacial score (nSPS) is 17.8. The number of furan rings is 1.